The van der Waals surface area contributed by atoms with Crippen molar-refractivity contribution in [2.24, 2.45) is 5.11 Å². The van der Waals surface area contributed by atoms with Gasteiger partial charge in [-0.25, -0.2) is 0 Å². The zero-order valence-corrected chi connectivity index (χ0v) is 12.8. The van der Waals surface area contributed by atoms with E-state index in [-0.39, 0.29) is 5.91 Å². The maximum absolute atomic E-state index is 11.7. The summed E-state index contributed by atoms with van der Waals surface area (Å²) in [7, 11) is 0. The summed E-state index contributed by atoms with van der Waals surface area (Å²) >= 11 is 8.06. The average molecular weight is 382 g/mol. The van der Waals surface area contributed by atoms with E-state index in [9.17, 15) is 4.79 Å². The van der Waals surface area contributed by atoms with Gasteiger partial charge >= 0.3 is 0 Å². The lowest BCUT2D eigenvalue weighted by Crippen LogP contribution is -2.23. The van der Waals surface area contributed by atoms with Crippen molar-refractivity contribution in [3.63, 3.8) is 0 Å². The molecular formula is C9H10Br2N4OS. The fourth-order valence-electron chi connectivity index (χ4n) is 1.10. The molecule has 0 saturated heterocycles. The van der Waals surface area contributed by atoms with Gasteiger partial charge in [0, 0.05) is 22.5 Å². The minimum Gasteiger partial charge on any atom is -0.351 e. The van der Waals surface area contributed by atoms with Crippen LogP contribution in [-0.2, 0) is 0 Å². The molecule has 0 atom stereocenters. The first-order chi connectivity index (χ1) is 8.15. The van der Waals surface area contributed by atoms with Crippen molar-refractivity contribution in [2.75, 3.05) is 13.1 Å². The Morgan fingerprint density at radius 2 is 2.29 bits per heavy atom. The molecule has 0 saturated carbocycles. The van der Waals surface area contributed by atoms with Crippen LogP contribution in [-0.4, -0.2) is 19.0 Å². The Labute approximate surface area is 119 Å². The molecule has 1 aromatic rings. The van der Waals surface area contributed by atoms with Crippen molar-refractivity contribution >= 4 is 49.1 Å². The number of nitrogens with one attached hydrogen (secondary N) is 1. The van der Waals surface area contributed by atoms with Crippen molar-refractivity contribution in [2.45, 2.75) is 12.8 Å². The number of amides is 1. The van der Waals surface area contributed by atoms with Crippen LogP contribution in [0, 0.1) is 0 Å². The van der Waals surface area contributed by atoms with Crippen molar-refractivity contribution in [3.8, 4) is 0 Å². The van der Waals surface area contributed by atoms with Crippen molar-refractivity contribution in [1.29, 1.82) is 0 Å². The summed E-state index contributed by atoms with van der Waals surface area (Å²) in [6.07, 6.45) is 1.58. The second-order valence-corrected chi connectivity index (χ2v) is 6.37. The van der Waals surface area contributed by atoms with Crippen molar-refractivity contribution in [1.82, 2.24) is 5.32 Å². The Balaban J connectivity index is 2.28. The van der Waals surface area contributed by atoms with Crippen molar-refractivity contribution < 1.29 is 4.79 Å². The summed E-state index contributed by atoms with van der Waals surface area (Å²) in [5.74, 6) is -0.0785. The third-order valence-electron chi connectivity index (χ3n) is 1.90. The quantitative estimate of drug-likeness (QED) is 0.342. The normalized spacial score (nSPS) is 9.76. The van der Waals surface area contributed by atoms with Gasteiger partial charge < -0.3 is 5.32 Å². The highest BCUT2D eigenvalue weighted by atomic mass is 79.9. The summed E-state index contributed by atoms with van der Waals surface area (Å²) in [4.78, 5) is 15.0. The number of carbonyl (C=O) groups is 1. The van der Waals surface area contributed by atoms with Crippen LogP contribution in [0.3, 0.4) is 0 Å². The summed E-state index contributed by atoms with van der Waals surface area (Å²) < 4.78 is 1.79. The highest BCUT2D eigenvalue weighted by molar-refractivity contribution is 9.13. The fraction of sp³-hybridized carbons (Fsp3) is 0.444. The molecule has 8 heteroatoms. The molecule has 1 rings (SSSR count). The van der Waals surface area contributed by atoms with Crippen LogP contribution < -0.4 is 5.32 Å². The highest BCUT2D eigenvalue weighted by Gasteiger charge is 2.10. The van der Waals surface area contributed by atoms with Gasteiger partial charge in [0.2, 0.25) is 0 Å². The molecule has 1 aromatic heterocycles. The molecule has 0 aliphatic heterocycles. The standard InChI is InChI=1S/C9H10Br2N4OS/c10-6-5-7(17-8(6)11)9(16)13-3-1-2-4-14-15-12/h5H,1-4H2,(H,13,16). The number of carbonyl (C=O) groups excluding carboxylic acids is 1. The molecule has 0 aliphatic carbocycles. The Bertz CT molecular complexity index is 423. The molecule has 0 spiro atoms. The first kappa shape index (κ1) is 14.5. The van der Waals surface area contributed by atoms with Gasteiger partial charge in [0.15, 0.2) is 0 Å². The Kier molecular flexibility index (Phi) is 6.57. The van der Waals surface area contributed by atoms with Crippen LogP contribution in [0.1, 0.15) is 22.5 Å². The van der Waals surface area contributed by atoms with Crippen LogP contribution in [0.25, 0.3) is 10.4 Å². The summed E-state index contributed by atoms with van der Waals surface area (Å²) in [6, 6.07) is 1.78. The summed E-state index contributed by atoms with van der Waals surface area (Å²) in [5, 5.41) is 6.23. The van der Waals surface area contributed by atoms with Gasteiger partial charge in [0.25, 0.3) is 5.91 Å². The van der Waals surface area contributed by atoms with Gasteiger partial charge in [-0.1, -0.05) is 5.11 Å². The molecule has 92 valence electrons. The van der Waals surface area contributed by atoms with Gasteiger partial charge in [-0.2, -0.15) is 0 Å². The summed E-state index contributed by atoms with van der Waals surface area (Å²) in [6.45, 7) is 1.06. The number of hydrogen-bond donors (Lipinski definition) is 1. The van der Waals surface area contributed by atoms with Crippen LogP contribution in [0.2, 0.25) is 0 Å². The van der Waals surface area contributed by atoms with Crippen molar-refractivity contribution in [3.05, 3.63) is 29.6 Å². The second kappa shape index (κ2) is 7.71. The van der Waals surface area contributed by atoms with E-state index in [0.717, 1.165) is 21.1 Å². The van der Waals surface area contributed by atoms with Gasteiger partial charge in [-0.05, 0) is 56.3 Å². The molecular weight excluding hydrogens is 372 g/mol. The molecule has 1 N–H and O–H groups in total. The van der Waals surface area contributed by atoms with E-state index in [4.69, 9.17) is 5.53 Å². The first-order valence-electron chi connectivity index (χ1n) is 4.89. The molecule has 1 amide bonds. The van der Waals surface area contributed by atoms with E-state index in [1.807, 2.05) is 0 Å². The number of thiophene rings is 1. The van der Waals surface area contributed by atoms with E-state index in [2.05, 4.69) is 47.2 Å². The largest absolute Gasteiger partial charge is 0.351 e. The number of unbranched alkanes of at least 4 members (excludes halogenated alkanes) is 1. The second-order valence-electron chi connectivity index (χ2n) is 3.15. The smallest absolute Gasteiger partial charge is 0.261 e. The minimum absolute atomic E-state index is 0.0785. The predicted molar refractivity (Wildman–Crippen MR) is 75.3 cm³/mol. The number of hydrogen-bond acceptors (Lipinski definition) is 3. The zero-order chi connectivity index (χ0) is 12.7. The van der Waals surface area contributed by atoms with E-state index >= 15 is 0 Å². The maximum atomic E-state index is 11.7. The lowest BCUT2D eigenvalue weighted by atomic mass is 10.3. The minimum atomic E-state index is -0.0785. The number of halogens is 2. The number of azide groups is 1. The molecule has 5 nitrogen and oxygen atoms in total. The lowest BCUT2D eigenvalue weighted by molar-refractivity contribution is 0.0957. The SMILES string of the molecule is [N-]=[N+]=NCCCCNC(=O)c1cc(Br)c(Br)s1. The average Bonchev–Trinajstić information content (AvgIpc) is 2.64. The van der Waals surface area contributed by atoms with Gasteiger partial charge in [-0.3, -0.25) is 4.79 Å². The lowest BCUT2D eigenvalue weighted by Gasteiger charge is -2.01. The molecule has 0 aromatic carbocycles. The monoisotopic (exact) mass is 380 g/mol. The summed E-state index contributed by atoms with van der Waals surface area (Å²) in [5.41, 5.74) is 8.07. The zero-order valence-electron chi connectivity index (χ0n) is 8.82. The van der Waals surface area contributed by atoms with Gasteiger partial charge in [-0.15, -0.1) is 11.3 Å². The molecule has 0 bridgehead atoms. The highest BCUT2D eigenvalue weighted by Crippen LogP contribution is 2.32. The molecule has 1 heterocycles. The van der Waals surface area contributed by atoms with E-state index in [1.165, 1.54) is 11.3 Å². The Morgan fingerprint density at radius 3 is 2.88 bits per heavy atom. The van der Waals surface area contributed by atoms with Gasteiger partial charge in [0.1, 0.15) is 0 Å². The van der Waals surface area contributed by atoms with Crippen LogP contribution in [0.5, 0.6) is 0 Å². The van der Waals surface area contributed by atoms with E-state index < -0.39 is 0 Å². The molecule has 0 unspecified atom stereocenters. The first-order valence-corrected chi connectivity index (χ1v) is 7.29. The maximum Gasteiger partial charge on any atom is 0.261 e. The van der Waals surface area contributed by atoms with E-state index in [0.29, 0.717) is 18.0 Å². The molecule has 0 radical (unpaired) electrons. The van der Waals surface area contributed by atoms with Crippen LogP contribution >= 0.6 is 43.2 Å². The van der Waals surface area contributed by atoms with Gasteiger partial charge in [0.05, 0.1) is 8.66 Å². The fourth-order valence-corrected chi connectivity index (χ4v) is 3.05. The Morgan fingerprint density at radius 1 is 1.53 bits per heavy atom. The Hall–Kier alpha value is -0.560. The van der Waals surface area contributed by atoms with E-state index in [1.54, 1.807) is 6.07 Å². The topological polar surface area (TPSA) is 77.9 Å². The van der Waals surface area contributed by atoms with Crippen LogP contribution in [0.15, 0.2) is 19.4 Å². The third-order valence-corrected chi connectivity index (χ3v) is 5.16. The molecule has 17 heavy (non-hydrogen) atoms. The number of rotatable bonds is 6. The van der Waals surface area contributed by atoms with Crippen LogP contribution in [0.4, 0.5) is 0 Å². The predicted octanol–water partition coefficient (Wildman–Crippen LogP) is 4.09. The molecule has 0 aliphatic rings. The molecule has 0 fully saturated rings. The number of nitrogens with zero attached hydrogens (tertiary/aromatic N) is 3. The third kappa shape index (κ3) is 5.08.